The van der Waals surface area contributed by atoms with Crippen LogP contribution in [0.1, 0.15) is 12.5 Å². The van der Waals surface area contributed by atoms with Gasteiger partial charge in [0.05, 0.1) is 17.2 Å². The van der Waals surface area contributed by atoms with Crippen molar-refractivity contribution in [2.24, 2.45) is 0 Å². The number of nitrogens with zero attached hydrogens (tertiary/aromatic N) is 1. The molecule has 24 heavy (non-hydrogen) atoms. The first-order chi connectivity index (χ1) is 11.6. The fourth-order valence-electron chi connectivity index (χ4n) is 2.28. The highest BCUT2D eigenvalue weighted by atomic mass is 32.2. The summed E-state index contributed by atoms with van der Waals surface area (Å²) in [4.78, 5) is 26.0. The molecule has 1 aliphatic heterocycles. The molecule has 0 aromatic heterocycles. The quantitative estimate of drug-likeness (QED) is 0.769. The number of rotatable bonds is 4. The maximum absolute atomic E-state index is 13.7. The number of anilines is 1. The molecular formula is C18H14FNO3S. The first-order valence-electron chi connectivity index (χ1n) is 7.35. The molecule has 2 aromatic carbocycles. The Labute approximate surface area is 142 Å². The third kappa shape index (κ3) is 3.19. The highest BCUT2D eigenvalue weighted by Crippen LogP contribution is 2.36. The highest BCUT2D eigenvalue weighted by molar-refractivity contribution is 8.19. The van der Waals surface area contributed by atoms with Crippen LogP contribution in [-0.4, -0.2) is 17.8 Å². The Balaban J connectivity index is 1.88. The summed E-state index contributed by atoms with van der Waals surface area (Å²) >= 11 is 0.795. The molecule has 1 heterocycles. The van der Waals surface area contributed by atoms with Crippen LogP contribution in [0.15, 0.2) is 53.4 Å². The third-order valence-corrected chi connectivity index (χ3v) is 4.26. The van der Waals surface area contributed by atoms with Gasteiger partial charge in [-0.15, -0.1) is 0 Å². The van der Waals surface area contributed by atoms with E-state index in [0.717, 1.165) is 16.7 Å². The van der Waals surface area contributed by atoms with Gasteiger partial charge in [-0.25, -0.2) is 9.29 Å². The van der Waals surface area contributed by atoms with Crippen LogP contribution in [-0.2, 0) is 4.79 Å². The number of carbonyl (C=O) groups is 2. The second-order valence-corrected chi connectivity index (χ2v) is 5.96. The third-order valence-electron chi connectivity index (χ3n) is 3.39. The molecule has 3 rings (SSSR count). The fraction of sp³-hybridized carbons (Fsp3) is 0.111. The van der Waals surface area contributed by atoms with Crippen LogP contribution < -0.4 is 9.64 Å². The van der Waals surface area contributed by atoms with Crippen molar-refractivity contribution in [2.75, 3.05) is 11.5 Å². The van der Waals surface area contributed by atoms with Crippen LogP contribution in [0.5, 0.6) is 5.75 Å². The summed E-state index contributed by atoms with van der Waals surface area (Å²) in [6.45, 7) is 2.41. The summed E-state index contributed by atoms with van der Waals surface area (Å²) < 4.78 is 19.1. The summed E-state index contributed by atoms with van der Waals surface area (Å²) in [6, 6.07) is 12.8. The van der Waals surface area contributed by atoms with Gasteiger partial charge in [0.2, 0.25) is 0 Å². The first-order valence-corrected chi connectivity index (χ1v) is 8.17. The average Bonchev–Trinajstić information content (AvgIpc) is 2.85. The summed E-state index contributed by atoms with van der Waals surface area (Å²) in [5, 5.41) is -0.410. The van der Waals surface area contributed by atoms with Crippen LogP contribution in [0.2, 0.25) is 0 Å². The molecule has 4 nitrogen and oxygen atoms in total. The van der Waals surface area contributed by atoms with Crippen molar-refractivity contribution in [3.05, 3.63) is 64.8 Å². The summed E-state index contributed by atoms with van der Waals surface area (Å²) in [5.41, 5.74) is 0.729. The van der Waals surface area contributed by atoms with E-state index >= 15 is 0 Å². The zero-order chi connectivity index (χ0) is 17.1. The number of carbonyl (C=O) groups excluding carboxylic acids is 2. The lowest BCUT2D eigenvalue weighted by atomic mass is 10.2. The van der Waals surface area contributed by atoms with Crippen molar-refractivity contribution in [3.63, 3.8) is 0 Å². The Hall–Kier alpha value is -2.60. The number of amides is 2. The molecule has 1 aliphatic rings. The Morgan fingerprint density at radius 2 is 1.83 bits per heavy atom. The largest absolute Gasteiger partial charge is 0.494 e. The maximum Gasteiger partial charge on any atom is 0.298 e. The monoisotopic (exact) mass is 343 g/mol. The van der Waals surface area contributed by atoms with Gasteiger partial charge >= 0.3 is 0 Å². The van der Waals surface area contributed by atoms with Crippen molar-refractivity contribution >= 4 is 34.7 Å². The van der Waals surface area contributed by atoms with E-state index in [2.05, 4.69) is 0 Å². The summed E-state index contributed by atoms with van der Waals surface area (Å²) in [7, 11) is 0. The van der Waals surface area contributed by atoms with E-state index in [1.54, 1.807) is 42.5 Å². The predicted molar refractivity (Wildman–Crippen MR) is 92.5 cm³/mol. The number of halogens is 1. The molecule has 6 heteroatoms. The number of hydrogen-bond acceptors (Lipinski definition) is 4. The Morgan fingerprint density at radius 1 is 1.12 bits per heavy atom. The zero-order valence-corrected chi connectivity index (χ0v) is 13.7. The smallest absolute Gasteiger partial charge is 0.298 e. The first kappa shape index (κ1) is 16.3. The van der Waals surface area contributed by atoms with Crippen LogP contribution in [0, 0.1) is 5.82 Å². The minimum absolute atomic E-state index is 0.194. The molecule has 2 amide bonds. The fourth-order valence-corrected chi connectivity index (χ4v) is 3.11. The van der Waals surface area contributed by atoms with E-state index in [-0.39, 0.29) is 10.5 Å². The number of imide groups is 1. The van der Waals surface area contributed by atoms with Gasteiger partial charge in [-0.1, -0.05) is 18.2 Å². The molecule has 122 valence electrons. The van der Waals surface area contributed by atoms with E-state index in [4.69, 9.17) is 4.74 Å². The van der Waals surface area contributed by atoms with E-state index in [1.807, 2.05) is 6.92 Å². The van der Waals surface area contributed by atoms with E-state index < -0.39 is 17.0 Å². The number of ether oxygens (including phenoxy) is 1. The van der Waals surface area contributed by atoms with Crippen molar-refractivity contribution in [3.8, 4) is 5.75 Å². The standard InChI is InChI=1S/C18H14FNO3S/c1-2-23-14-9-7-13(8-10-14)20-17(21)16(24-18(20)22)11-12-5-3-4-6-15(12)19/h3-11H,2H2,1H3/b16-11-. The Kier molecular flexibility index (Phi) is 4.66. The molecular weight excluding hydrogens is 329 g/mol. The van der Waals surface area contributed by atoms with Gasteiger partial charge < -0.3 is 4.74 Å². The van der Waals surface area contributed by atoms with Gasteiger partial charge in [0, 0.05) is 5.56 Å². The molecule has 0 bridgehead atoms. The molecule has 1 fully saturated rings. The molecule has 0 spiro atoms. The van der Waals surface area contributed by atoms with Crippen LogP contribution in [0.3, 0.4) is 0 Å². The Morgan fingerprint density at radius 3 is 2.50 bits per heavy atom. The van der Waals surface area contributed by atoms with Gasteiger partial charge in [-0.2, -0.15) is 0 Å². The lowest BCUT2D eigenvalue weighted by Crippen LogP contribution is -2.27. The average molecular weight is 343 g/mol. The maximum atomic E-state index is 13.7. The SMILES string of the molecule is CCOc1ccc(N2C(=O)S/C(=C\c3ccccc3F)C2=O)cc1. The summed E-state index contributed by atoms with van der Waals surface area (Å²) in [5.74, 6) is -0.238. The van der Waals surface area contributed by atoms with Gasteiger partial charge in [-0.3, -0.25) is 9.59 Å². The second kappa shape index (κ2) is 6.88. The van der Waals surface area contributed by atoms with Gasteiger partial charge in [0.15, 0.2) is 0 Å². The van der Waals surface area contributed by atoms with Crippen LogP contribution in [0.25, 0.3) is 6.08 Å². The molecule has 0 unspecified atom stereocenters. The van der Waals surface area contributed by atoms with Crippen molar-refractivity contribution in [2.45, 2.75) is 6.92 Å². The van der Waals surface area contributed by atoms with Crippen molar-refractivity contribution in [1.29, 1.82) is 0 Å². The van der Waals surface area contributed by atoms with Gasteiger partial charge in [0.1, 0.15) is 11.6 Å². The molecule has 0 radical (unpaired) electrons. The summed E-state index contributed by atoms with van der Waals surface area (Å²) in [6.07, 6.45) is 1.40. The minimum Gasteiger partial charge on any atom is -0.494 e. The lowest BCUT2D eigenvalue weighted by molar-refractivity contribution is -0.113. The normalized spacial score (nSPS) is 16.1. The zero-order valence-electron chi connectivity index (χ0n) is 12.9. The molecule has 0 saturated carbocycles. The van der Waals surface area contributed by atoms with E-state index in [9.17, 15) is 14.0 Å². The molecule has 0 atom stereocenters. The van der Waals surface area contributed by atoms with Crippen molar-refractivity contribution in [1.82, 2.24) is 0 Å². The topological polar surface area (TPSA) is 46.6 Å². The lowest BCUT2D eigenvalue weighted by Gasteiger charge is -2.13. The molecule has 1 saturated heterocycles. The van der Waals surface area contributed by atoms with Crippen molar-refractivity contribution < 1.29 is 18.7 Å². The molecule has 0 aliphatic carbocycles. The molecule has 0 N–H and O–H groups in total. The minimum atomic E-state index is -0.461. The molecule has 2 aromatic rings. The second-order valence-electron chi connectivity index (χ2n) is 4.97. The van der Waals surface area contributed by atoms with Crippen LogP contribution >= 0.6 is 11.8 Å². The van der Waals surface area contributed by atoms with Crippen LogP contribution in [0.4, 0.5) is 14.9 Å². The number of thioether (sulfide) groups is 1. The highest BCUT2D eigenvalue weighted by Gasteiger charge is 2.36. The van der Waals surface area contributed by atoms with Gasteiger partial charge in [0.25, 0.3) is 11.1 Å². The number of hydrogen-bond donors (Lipinski definition) is 0. The predicted octanol–water partition coefficient (Wildman–Crippen LogP) is 4.47. The van der Waals surface area contributed by atoms with E-state index in [1.165, 1.54) is 12.1 Å². The number of benzene rings is 2. The van der Waals surface area contributed by atoms with E-state index in [0.29, 0.717) is 18.0 Å². The Bertz CT molecular complexity index is 817. The van der Waals surface area contributed by atoms with Gasteiger partial charge in [-0.05, 0) is 55.1 Å².